The number of rotatable bonds is 7. The fourth-order valence-corrected chi connectivity index (χ4v) is 4.08. The fraction of sp³-hybridized carbons (Fsp3) is 0.269. The van der Waals surface area contributed by atoms with Gasteiger partial charge in [0.1, 0.15) is 17.1 Å². The number of aryl methyl sites for hydroxylation is 1. The zero-order valence-electron chi connectivity index (χ0n) is 18.8. The molecule has 1 saturated carbocycles. The van der Waals surface area contributed by atoms with Gasteiger partial charge in [-0.15, -0.1) is 0 Å². The fourth-order valence-electron chi connectivity index (χ4n) is 4.08. The third kappa shape index (κ3) is 3.96. The third-order valence-electron chi connectivity index (χ3n) is 6.22. The molecule has 33 heavy (non-hydrogen) atoms. The van der Waals surface area contributed by atoms with Crippen LogP contribution in [0.4, 0.5) is 0 Å². The molecule has 7 heteroatoms. The lowest BCUT2D eigenvalue weighted by Crippen LogP contribution is -2.05. The summed E-state index contributed by atoms with van der Waals surface area (Å²) in [5.74, 6) is 1.13. The number of benzene rings is 2. The number of H-pyrrole nitrogens is 1. The molecule has 0 spiro atoms. The first kappa shape index (κ1) is 21.2. The summed E-state index contributed by atoms with van der Waals surface area (Å²) >= 11 is 0. The van der Waals surface area contributed by atoms with Crippen LogP contribution in [-0.2, 0) is 12.0 Å². The number of aromatic nitrogens is 3. The number of ether oxygens (including phenoxy) is 2. The normalized spacial score (nSPS) is 14.3. The second-order valence-corrected chi connectivity index (χ2v) is 8.55. The minimum atomic E-state index is -0.795. The van der Waals surface area contributed by atoms with E-state index in [0.29, 0.717) is 22.7 Å². The van der Waals surface area contributed by atoms with Crippen molar-refractivity contribution in [3.05, 3.63) is 70.9 Å². The van der Waals surface area contributed by atoms with Gasteiger partial charge in [-0.25, -0.2) is 4.98 Å². The molecular formula is C26H25N3O4. The van der Waals surface area contributed by atoms with Crippen LogP contribution in [0.2, 0.25) is 0 Å². The number of carbonyl (C=O) groups excluding carboxylic acids is 1. The number of methoxy groups -OCH3 is 2. The monoisotopic (exact) mass is 443 g/mol. The average Bonchev–Trinajstić information content (AvgIpc) is 3.43. The topological polar surface area (TPSA) is 97.3 Å². The molecule has 2 aromatic heterocycles. The van der Waals surface area contributed by atoms with E-state index in [1.165, 1.54) is 0 Å². The van der Waals surface area contributed by atoms with Gasteiger partial charge in [-0.1, -0.05) is 12.1 Å². The van der Waals surface area contributed by atoms with E-state index >= 15 is 0 Å². The third-order valence-corrected chi connectivity index (χ3v) is 6.22. The molecule has 1 aliphatic carbocycles. The van der Waals surface area contributed by atoms with Crippen LogP contribution in [-0.4, -0.2) is 40.3 Å². The molecule has 168 valence electrons. The van der Waals surface area contributed by atoms with E-state index in [-0.39, 0.29) is 12.2 Å². The van der Waals surface area contributed by atoms with Crippen LogP contribution in [0, 0.1) is 6.92 Å². The zero-order valence-corrected chi connectivity index (χ0v) is 18.8. The van der Waals surface area contributed by atoms with Gasteiger partial charge in [0.25, 0.3) is 0 Å². The maximum Gasteiger partial charge on any atom is 0.181 e. The highest BCUT2D eigenvalue weighted by Crippen LogP contribution is 2.46. The van der Waals surface area contributed by atoms with Crippen molar-refractivity contribution in [3.63, 3.8) is 0 Å². The molecule has 2 aromatic carbocycles. The van der Waals surface area contributed by atoms with Gasteiger partial charge in [-0.2, -0.15) is 5.10 Å². The van der Waals surface area contributed by atoms with E-state index in [1.54, 1.807) is 32.4 Å². The van der Waals surface area contributed by atoms with Gasteiger partial charge in [-0.3, -0.25) is 9.89 Å². The SMILES string of the molecule is COc1cc(OC)cc(C(=O)Cc2ccc(C)c(-c3ccc4c(C5(O)CC5)[nH]nc4n3)c2)c1. The van der Waals surface area contributed by atoms with Gasteiger partial charge in [0.15, 0.2) is 11.4 Å². The first-order valence-corrected chi connectivity index (χ1v) is 10.8. The number of aromatic amines is 1. The molecule has 7 nitrogen and oxygen atoms in total. The van der Waals surface area contributed by atoms with Crippen LogP contribution in [0.15, 0.2) is 48.5 Å². The molecule has 0 saturated heterocycles. The molecule has 0 amide bonds. The van der Waals surface area contributed by atoms with E-state index in [1.807, 2.05) is 37.3 Å². The van der Waals surface area contributed by atoms with Gasteiger partial charge in [0.2, 0.25) is 0 Å². The molecule has 1 aliphatic rings. The molecule has 0 unspecified atom stereocenters. The van der Waals surface area contributed by atoms with Gasteiger partial charge < -0.3 is 14.6 Å². The Morgan fingerprint density at radius 3 is 2.45 bits per heavy atom. The second kappa shape index (κ2) is 8.01. The molecule has 5 rings (SSSR count). The van der Waals surface area contributed by atoms with Crippen molar-refractivity contribution in [1.82, 2.24) is 15.2 Å². The Labute approximate surface area is 191 Å². The van der Waals surface area contributed by atoms with Crippen LogP contribution >= 0.6 is 0 Å². The lowest BCUT2D eigenvalue weighted by atomic mass is 9.97. The standard InChI is InChI=1S/C26H25N3O4/c1-15-4-5-16(11-23(30)17-12-18(32-2)14-19(13-17)33-3)10-21(15)22-7-6-20-24(26(31)8-9-26)28-29-25(20)27-22/h4-7,10,12-14,31H,8-9,11H2,1-3H3,(H,27,28,29). The Balaban J connectivity index is 1.44. The van der Waals surface area contributed by atoms with Gasteiger partial charge in [0.05, 0.1) is 25.6 Å². The number of aliphatic hydroxyl groups is 1. The predicted molar refractivity (Wildman–Crippen MR) is 125 cm³/mol. The Morgan fingerprint density at radius 1 is 1.06 bits per heavy atom. The van der Waals surface area contributed by atoms with Gasteiger partial charge in [0, 0.05) is 29.0 Å². The quantitative estimate of drug-likeness (QED) is 0.412. The number of pyridine rings is 1. The van der Waals surface area contributed by atoms with E-state index in [9.17, 15) is 9.90 Å². The zero-order chi connectivity index (χ0) is 23.2. The number of Topliss-reactive ketones (excluding diaryl/α,β-unsaturated/α-hetero) is 1. The summed E-state index contributed by atoms with van der Waals surface area (Å²) in [7, 11) is 3.12. The number of ketones is 1. The van der Waals surface area contributed by atoms with Crippen molar-refractivity contribution in [1.29, 1.82) is 0 Å². The Hall–Kier alpha value is -3.71. The number of nitrogens with zero attached hydrogens (tertiary/aromatic N) is 2. The van der Waals surface area contributed by atoms with Gasteiger partial charge >= 0.3 is 0 Å². The maximum absolute atomic E-state index is 13.0. The summed E-state index contributed by atoms with van der Waals surface area (Å²) in [4.78, 5) is 17.7. The van der Waals surface area contributed by atoms with E-state index in [4.69, 9.17) is 14.5 Å². The number of hydrogen-bond donors (Lipinski definition) is 2. The first-order chi connectivity index (χ1) is 15.9. The lowest BCUT2D eigenvalue weighted by molar-refractivity contribution is 0.0992. The predicted octanol–water partition coefficient (Wildman–Crippen LogP) is 4.36. The average molecular weight is 444 g/mol. The minimum absolute atomic E-state index is 0.0277. The highest BCUT2D eigenvalue weighted by atomic mass is 16.5. The minimum Gasteiger partial charge on any atom is -0.497 e. The van der Waals surface area contributed by atoms with Gasteiger partial charge in [-0.05, 0) is 61.2 Å². The largest absolute Gasteiger partial charge is 0.497 e. The van der Waals surface area contributed by atoms with Crippen LogP contribution in [0.25, 0.3) is 22.3 Å². The molecule has 2 heterocycles. The van der Waals surface area contributed by atoms with Crippen molar-refractivity contribution in [3.8, 4) is 22.8 Å². The number of nitrogens with one attached hydrogen (secondary N) is 1. The molecule has 0 bridgehead atoms. The Kier molecular flexibility index (Phi) is 5.13. The lowest BCUT2D eigenvalue weighted by Gasteiger charge is -2.10. The number of hydrogen-bond acceptors (Lipinski definition) is 6. The maximum atomic E-state index is 13.0. The molecule has 0 aliphatic heterocycles. The van der Waals surface area contributed by atoms with Crippen LogP contribution in [0.5, 0.6) is 11.5 Å². The summed E-state index contributed by atoms with van der Waals surface area (Å²) in [5.41, 5.74) is 4.72. The van der Waals surface area contributed by atoms with Crippen LogP contribution in [0.1, 0.15) is 40.0 Å². The van der Waals surface area contributed by atoms with Crippen molar-refractivity contribution >= 4 is 16.8 Å². The molecule has 0 atom stereocenters. The van der Waals surface area contributed by atoms with Crippen molar-refractivity contribution in [2.45, 2.75) is 31.8 Å². The summed E-state index contributed by atoms with van der Waals surface area (Å²) in [6, 6.07) is 15.0. The van der Waals surface area contributed by atoms with Crippen LogP contribution in [0.3, 0.4) is 0 Å². The molecular weight excluding hydrogens is 418 g/mol. The highest BCUT2D eigenvalue weighted by Gasteiger charge is 2.45. The summed E-state index contributed by atoms with van der Waals surface area (Å²) in [5, 5.41) is 18.6. The Morgan fingerprint density at radius 2 is 1.79 bits per heavy atom. The van der Waals surface area contributed by atoms with Crippen molar-refractivity contribution in [2.24, 2.45) is 0 Å². The number of fused-ring (bicyclic) bond motifs is 1. The van der Waals surface area contributed by atoms with E-state index < -0.39 is 5.60 Å². The number of carbonyl (C=O) groups is 1. The molecule has 1 fully saturated rings. The molecule has 2 N–H and O–H groups in total. The summed E-state index contributed by atoms with van der Waals surface area (Å²) in [6.45, 7) is 2.02. The highest BCUT2D eigenvalue weighted by molar-refractivity contribution is 5.98. The first-order valence-electron chi connectivity index (χ1n) is 10.8. The second-order valence-electron chi connectivity index (χ2n) is 8.55. The molecule has 0 radical (unpaired) electrons. The van der Waals surface area contributed by atoms with E-state index in [2.05, 4.69) is 10.2 Å². The van der Waals surface area contributed by atoms with Crippen molar-refractivity contribution < 1.29 is 19.4 Å². The summed E-state index contributed by atoms with van der Waals surface area (Å²) < 4.78 is 10.6. The van der Waals surface area contributed by atoms with Crippen LogP contribution < -0.4 is 9.47 Å². The van der Waals surface area contributed by atoms with E-state index in [0.717, 1.165) is 46.3 Å². The van der Waals surface area contributed by atoms with Crippen molar-refractivity contribution in [2.75, 3.05) is 14.2 Å². The Bertz CT molecular complexity index is 1350. The summed E-state index contributed by atoms with van der Waals surface area (Å²) in [6.07, 6.45) is 1.71. The smallest absolute Gasteiger partial charge is 0.181 e. The molecule has 4 aromatic rings.